The summed E-state index contributed by atoms with van der Waals surface area (Å²) in [6.45, 7) is 7.07. The third-order valence-corrected chi connectivity index (χ3v) is 6.91. The number of hydrogen-bond donors (Lipinski definition) is 0. The Kier molecular flexibility index (Phi) is 5.25. The van der Waals surface area contributed by atoms with Crippen molar-refractivity contribution >= 4 is 30.4 Å². The predicted molar refractivity (Wildman–Crippen MR) is 107 cm³/mol. The first kappa shape index (κ1) is 18.5. The summed E-state index contributed by atoms with van der Waals surface area (Å²) >= 11 is 0. The monoisotopic (exact) mass is 338 g/mol. The van der Waals surface area contributed by atoms with E-state index in [1.807, 2.05) is 0 Å². The summed E-state index contributed by atoms with van der Waals surface area (Å²) in [5.41, 5.74) is 5.97. The molecule has 1 atom stereocenters. The fraction of sp³-hybridized carbons (Fsp3) is 0.318. The van der Waals surface area contributed by atoms with Crippen LogP contribution in [0.5, 0.6) is 0 Å². The maximum absolute atomic E-state index is 2.56. The Morgan fingerprint density at radius 3 is 2.64 bits per heavy atom. The molecule has 3 heteroatoms. The van der Waals surface area contributed by atoms with E-state index >= 15 is 0 Å². The summed E-state index contributed by atoms with van der Waals surface area (Å²) in [5, 5.41) is 4.38. The molecule has 0 N–H and O–H groups in total. The molecule has 0 amide bonds. The van der Waals surface area contributed by atoms with Crippen LogP contribution in [0.25, 0.3) is 10.8 Å². The zero-order valence-electron chi connectivity index (χ0n) is 16.1. The zero-order valence-corrected chi connectivity index (χ0v) is 17.1. The molecule has 0 aromatic heterocycles. The number of benzene rings is 2. The first-order valence-corrected chi connectivity index (χ1v) is 11.4. The Labute approximate surface area is 165 Å². The molecule has 1 unspecified atom stereocenters. The topological polar surface area (TPSA) is 3.24 Å². The minimum atomic E-state index is -0.482. The molecule has 1 nitrogen and oxygen atoms in total. The van der Waals surface area contributed by atoms with Gasteiger partial charge < -0.3 is 4.90 Å². The first-order chi connectivity index (χ1) is 11.6. The molecule has 4 rings (SSSR count). The summed E-state index contributed by atoms with van der Waals surface area (Å²) < 4.78 is 0. The summed E-state index contributed by atoms with van der Waals surface area (Å²) in [6, 6.07) is 18.7. The zero-order chi connectivity index (χ0) is 16.8. The molecule has 3 aromatic carbocycles. The van der Waals surface area contributed by atoms with Crippen LogP contribution in [0.1, 0.15) is 29.2 Å². The van der Waals surface area contributed by atoms with Crippen molar-refractivity contribution in [2.45, 2.75) is 38.9 Å². The summed E-state index contributed by atoms with van der Waals surface area (Å²) in [5.74, 6) is 0. The molecule has 0 saturated heterocycles. The van der Waals surface area contributed by atoms with Gasteiger partial charge in [0.1, 0.15) is 0 Å². The number of hydrogen-bond acceptors (Lipinski definition) is 1. The average Bonchev–Trinajstić information content (AvgIpc) is 2.98. The normalized spacial score (nSPS) is 16.8. The van der Waals surface area contributed by atoms with Gasteiger partial charge in [0.2, 0.25) is 0 Å². The summed E-state index contributed by atoms with van der Waals surface area (Å²) in [7, 11) is 1.82. The molecule has 3 aromatic rings. The molecular formula is C22H25LiNSi. The van der Waals surface area contributed by atoms with E-state index in [2.05, 4.69) is 80.5 Å². The van der Waals surface area contributed by atoms with Gasteiger partial charge in [-0.2, -0.15) is 6.07 Å². The second-order valence-electron chi connectivity index (χ2n) is 7.36. The number of nitrogens with zero attached hydrogens (tertiary/aromatic N) is 1. The molecule has 0 saturated carbocycles. The minimum Gasteiger partial charge on any atom is -0.376 e. The molecule has 1 radical (unpaired) electrons. The van der Waals surface area contributed by atoms with Gasteiger partial charge in [-0.15, -0.1) is 40.6 Å². The van der Waals surface area contributed by atoms with Gasteiger partial charge >= 0.3 is 18.9 Å². The molecule has 0 aliphatic carbocycles. The van der Waals surface area contributed by atoms with Crippen molar-refractivity contribution in [3.63, 3.8) is 0 Å². The van der Waals surface area contributed by atoms with Gasteiger partial charge in [-0.05, 0) is 30.5 Å². The SMILES string of the molecule is Cc1cc2c(c([Si](C)C)c1)N(C)C([c-]1ccc3ccccc31)CC2.[Li+]. The van der Waals surface area contributed by atoms with Crippen LogP contribution in [-0.2, 0) is 6.42 Å². The molecule has 1 aliphatic rings. The molecule has 0 fully saturated rings. The molecule has 1 aliphatic heterocycles. The number of aryl methyl sites for hydroxylation is 2. The van der Waals surface area contributed by atoms with Crippen LogP contribution < -0.4 is 28.9 Å². The van der Waals surface area contributed by atoms with E-state index in [9.17, 15) is 0 Å². The van der Waals surface area contributed by atoms with Crippen molar-refractivity contribution in [2.75, 3.05) is 11.9 Å². The second-order valence-corrected chi connectivity index (χ2v) is 9.90. The molecule has 0 spiro atoms. The second kappa shape index (κ2) is 7.12. The Balaban J connectivity index is 0.00000182. The third kappa shape index (κ3) is 3.12. The van der Waals surface area contributed by atoms with Gasteiger partial charge in [-0.25, -0.2) is 0 Å². The van der Waals surface area contributed by atoms with Crippen molar-refractivity contribution in [2.24, 2.45) is 0 Å². The van der Waals surface area contributed by atoms with Gasteiger partial charge in [0, 0.05) is 18.8 Å². The van der Waals surface area contributed by atoms with E-state index < -0.39 is 8.80 Å². The van der Waals surface area contributed by atoms with Crippen molar-refractivity contribution in [3.05, 3.63) is 65.2 Å². The Morgan fingerprint density at radius 1 is 1.12 bits per heavy atom. The molecule has 25 heavy (non-hydrogen) atoms. The first-order valence-electron chi connectivity index (χ1n) is 8.87. The minimum absolute atomic E-state index is 0. The summed E-state index contributed by atoms with van der Waals surface area (Å²) in [6.07, 6.45) is 2.39. The van der Waals surface area contributed by atoms with Crippen molar-refractivity contribution in [1.29, 1.82) is 0 Å². The van der Waals surface area contributed by atoms with Crippen LogP contribution in [0.3, 0.4) is 0 Å². The fourth-order valence-electron chi connectivity index (χ4n) is 4.31. The maximum atomic E-state index is 2.56. The van der Waals surface area contributed by atoms with Crippen LogP contribution in [0, 0.1) is 6.92 Å². The summed E-state index contributed by atoms with van der Waals surface area (Å²) in [4.78, 5) is 2.56. The van der Waals surface area contributed by atoms with Crippen molar-refractivity contribution in [3.8, 4) is 0 Å². The third-order valence-electron chi connectivity index (χ3n) is 5.45. The van der Waals surface area contributed by atoms with Crippen LogP contribution in [0.15, 0.2) is 48.5 Å². The van der Waals surface area contributed by atoms with Crippen LogP contribution in [-0.4, -0.2) is 15.8 Å². The quantitative estimate of drug-likeness (QED) is 0.510. The van der Waals surface area contributed by atoms with Gasteiger partial charge in [0.05, 0.1) is 8.80 Å². The van der Waals surface area contributed by atoms with E-state index in [1.165, 1.54) is 40.4 Å². The van der Waals surface area contributed by atoms with Crippen LogP contribution >= 0.6 is 0 Å². The molecule has 1 heterocycles. The average molecular weight is 338 g/mol. The number of fused-ring (bicyclic) bond motifs is 2. The van der Waals surface area contributed by atoms with E-state index in [0.29, 0.717) is 6.04 Å². The van der Waals surface area contributed by atoms with Gasteiger partial charge in [-0.3, -0.25) is 0 Å². The Morgan fingerprint density at radius 2 is 1.88 bits per heavy atom. The Hall–Kier alpha value is -1.34. The standard InChI is InChI=1S/C22H25NSi.Li/c1-15-13-17-10-12-20(23(2)22(17)21(14-15)24(3)4)19-11-9-16-7-5-6-8-18(16)19;/h5-9,11,13-14,20H,10,12H2,1-4H3;/q-1;+1. The van der Waals surface area contributed by atoms with Crippen LogP contribution in [0.2, 0.25) is 13.1 Å². The van der Waals surface area contributed by atoms with Gasteiger partial charge in [0.25, 0.3) is 0 Å². The molecule has 0 bridgehead atoms. The van der Waals surface area contributed by atoms with E-state index in [-0.39, 0.29) is 18.9 Å². The van der Waals surface area contributed by atoms with E-state index in [4.69, 9.17) is 0 Å². The number of rotatable bonds is 2. The van der Waals surface area contributed by atoms with Gasteiger partial charge in [0.15, 0.2) is 0 Å². The largest absolute Gasteiger partial charge is 1.00 e. The van der Waals surface area contributed by atoms with Gasteiger partial charge in [-0.1, -0.05) is 36.9 Å². The number of anilines is 1. The molecular weight excluding hydrogens is 313 g/mol. The maximum Gasteiger partial charge on any atom is 1.00 e. The van der Waals surface area contributed by atoms with E-state index in [1.54, 1.807) is 10.8 Å². The van der Waals surface area contributed by atoms with Crippen molar-refractivity contribution < 1.29 is 18.9 Å². The predicted octanol–water partition coefficient (Wildman–Crippen LogP) is 1.96. The smallest absolute Gasteiger partial charge is 0.376 e. The molecule has 123 valence electrons. The van der Waals surface area contributed by atoms with Crippen molar-refractivity contribution in [1.82, 2.24) is 0 Å². The van der Waals surface area contributed by atoms with E-state index in [0.717, 1.165) is 0 Å². The fourth-order valence-corrected chi connectivity index (χ4v) is 5.64. The van der Waals surface area contributed by atoms with Crippen LogP contribution in [0.4, 0.5) is 5.69 Å². The Bertz CT molecular complexity index is 896.